The fraction of sp³-hybridized carbons (Fsp3) is 0.273. The lowest BCUT2D eigenvalue weighted by molar-refractivity contribution is 0.0938. The summed E-state index contributed by atoms with van der Waals surface area (Å²) in [7, 11) is 0. The van der Waals surface area contributed by atoms with Crippen molar-refractivity contribution in [1.29, 1.82) is 0 Å². The van der Waals surface area contributed by atoms with E-state index in [4.69, 9.17) is 11.6 Å². The first-order valence-electron chi connectivity index (χ1n) is 5.36. The lowest BCUT2D eigenvalue weighted by Gasteiger charge is -2.11. The Morgan fingerprint density at radius 1 is 1.50 bits per heavy atom. The first kappa shape index (κ1) is 12.5. The van der Waals surface area contributed by atoms with Gasteiger partial charge in [-0.3, -0.25) is 9.89 Å². The van der Waals surface area contributed by atoms with E-state index in [1.165, 1.54) is 12.4 Å². The van der Waals surface area contributed by atoms with Gasteiger partial charge in [0.2, 0.25) is 0 Å². The number of carbonyl (C=O) groups is 1. The molecule has 0 saturated heterocycles. The van der Waals surface area contributed by atoms with Crippen molar-refractivity contribution in [2.75, 3.05) is 0 Å². The fourth-order valence-electron chi connectivity index (χ4n) is 1.53. The normalized spacial score (nSPS) is 12.2. The largest absolute Gasteiger partial charge is 0.342 e. The molecule has 2 aromatic heterocycles. The van der Waals surface area contributed by atoms with Gasteiger partial charge in [-0.15, -0.1) is 0 Å². The maximum atomic E-state index is 12.0. The van der Waals surface area contributed by atoms with Crippen LogP contribution in [0.25, 0.3) is 0 Å². The van der Waals surface area contributed by atoms with Gasteiger partial charge in [0.15, 0.2) is 0 Å². The summed E-state index contributed by atoms with van der Waals surface area (Å²) < 4.78 is 0. The number of amides is 1. The van der Waals surface area contributed by atoms with Crippen LogP contribution in [0.3, 0.4) is 0 Å². The van der Waals surface area contributed by atoms with Crippen LogP contribution in [0.2, 0.25) is 5.15 Å². The van der Waals surface area contributed by atoms with Gasteiger partial charge in [-0.25, -0.2) is 9.97 Å². The van der Waals surface area contributed by atoms with Crippen molar-refractivity contribution in [3.8, 4) is 0 Å². The third-order valence-corrected chi connectivity index (χ3v) is 2.57. The van der Waals surface area contributed by atoms with Gasteiger partial charge in [0.1, 0.15) is 17.3 Å². The van der Waals surface area contributed by atoms with Gasteiger partial charge in [-0.05, 0) is 26.0 Å². The number of aryl methyl sites for hydroxylation is 1. The standard InChI is InChI=1S/C11H12ClN5O/c1-6-3-8(4-9(12)15-6)11(18)16-7(2)10-13-5-14-17-10/h3-5,7H,1-2H3,(H,16,18)(H,13,14,17). The van der Waals surface area contributed by atoms with Crippen molar-refractivity contribution < 1.29 is 4.79 Å². The maximum absolute atomic E-state index is 12.0. The number of aromatic amines is 1. The van der Waals surface area contributed by atoms with Crippen LogP contribution < -0.4 is 5.32 Å². The summed E-state index contributed by atoms with van der Waals surface area (Å²) >= 11 is 5.81. The molecule has 0 aliphatic heterocycles. The highest BCUT2D eigenvalue weighted by molar-refractivity contribution is 6.29. The predicted octanol–water partition coefficient (Wildman–Crippen LogP) is 1.65. The number of H-pyrrole nitrogens is 1. The zero-order valence-corrected chi connectivity index (χ0v) is 10.7. The molecule has 0 radical (unpaired) electrons. The average Bonchev–Trinajstić information content (AvgIpc) is 2.80. The number of hydrogen-bond acceptors (Lipinski definition) is 4. The molecule has 1 amide bonds. The lowest BCUT2D eigenvalue weighted by atomic mass is 10.2. The molecular formula is C11H12ClN5O. The number of aromatic nitrogens is 4. The topological polar surface area (TPSA) is 83.6 Å². The summed E-state index contributed by atoms with van der Waals surface area (Å²) in [5.41, 5.74) is 1.17. The summed E-state index contributed by atoms with van der Waals surface area (Å²) in [4.78, 5) is 20.0. The molecule has 0 bridgehead atoms. The number of nitrogens with zero attached hydrogens (tertiary/aromatic N) is 3. The number of nitrogens with one attached hydrogen (secondary N) is 2. The van der Waals surface area contributed by atoms with Crippen LogP contribution in [0.5, 0.6) is 0 Å². The van der Waals surface area contributed by atoms with E-state index in [2.05, 4.69) is 25.5 Å². The van der Waals surface area contributed by atoms with Crippen LogP contribution in [0.1, 0.15) is 34.8 Å². The van der Waals surface area contributed by atoms with Crippen LogP contribution in [-0.4, -0.2) is 26.1 Å². The SMILES string of the molecule is Cc1cc(C(=O)NC(C)c2ncn[nH]2)cc(Cl)n1. The molecule has 94 valence electrons. The Morgan fingerprint density at radius 2 is 2.28 bits per heavy atom. The Balaban J connectivity index is 2.12. The maximum Gasteiger partial charge on any atom is 0.252 e. The quantitative estimate of drug-likeness (QED) is 0.827. The summed E-state index contributed by atoms with van der Waals surface area (Å²) in [6.07, 6.45) is 1.39. The summed E-state index contributed by atoms with van der Waals surface area (Å²) in [5.74, 6) is 0.367. The minimum Gasteiger partial charge on any atom is -0.342 e. The van der Waals surface area contributed by atoms with Crippen molar-refractivity contribution in [3.63, 3.8) is 0 Å². The number of rotatable bonds is 3. The third kappa shape index (κ3) is 2.84. The number of carbonyl (C=O) groups excluding carboxylic acids is 1. The van der Waals surface area contributed by atoms with Crippen molar-refractivity contribution in [2.45, 2.75) is 19.9 Å². The first-order chi connectivity index (χ1) is 8.56. The molecular weight excluding hydrogens is 254 g/mol. The Morgan fingerprint density at radius 3 is 2.89 bits per heavy atom. The van der Waals surface area contributed by atoms with Gasteiger partial charge in [-0.1, -0.05) is 11.6 Å². The van der Waals surface area contributed by atoms with Crippen LogP contribution in [0.4, 0.5) is 0 Å². The van der Waals surface area contributed by atoms with Gasteiger partial charge >= 0.3 is 0 Å². The zero-order chi connectivity index (χ0) is 13.1. The molecule has 18 heavy (non-hydrogen) atoms. The number of pyridine rings is 1. The Hall–Kier alpha value is -1.95. The number of hydrogen-bond donors (Lipinski definition) is 2. The van der Waals surface area contributed by atoms with Gasteiger partial charge in [0.05, 0.1) is 6.04 Å². The molecule has 0 aliphatic carbocycles. The van der Waals surface area contributed by atoms with Gasteiger partial charge in [0, 0.05) is 11.3 Å². The molecule has 0 fully saturated rings. The Kier molecular flexibility index (Phi) is 3.57. The first-order valence-corrected chi connectivity index (χ1v) is 5.74. The van der Waals surface area contributed by atoms with Crippen LogP contribution in [0.15, 0.2) is 18.5 Å². The van der Waals surface area contributed by atoms with Crippen molar-refractivity contribution in [1.82, 2.24) is 25.5 Å². The highest BCUT2D eigenvalue weighted by Crippen LogP contribution is 2.12. The van der Waals surface area contributed by atoms with E-state index in [1.807, 2.05) is 6.92 Å². The second-order valence-electron chi connectivity index (χ2n) is 3.89. The molecule has 1 atom stereocenters. The smallest absolute Gasteiger partial charge is 0.252 e. The molecule has 6 nitrogen and oxygen atoms in total. The van der Waals surface area contributed by atoms with Crippen molar-refractivity contribution in [2.24, 2.45) is 0 Å². The highest BCUT2D eigenvalue weighted by Gasteiger charge is 2.14. The molecule has 7 heteroatoms. The van der Waals surface area contributed by atoms with E-state index < -0.39 is 0 Å². The van der Waals surface area contributed by atoms with Gasteiger partial charge in [-0.2, -0.15) is 5.10 Å². The Labute approximate surface area is 109 Å². The van der Waals surface area contributed by atoms with Crippen LogP contribution in [0, 0.1) is 6.92 Å². The molecule has 2 N–H and O–H groups in total. The van der Waals surface area contributed by atoms with E-state index >= 15 is 0 Å². The van der Waals surface area contributed by atoms with E-state index in [1.54, 1.807) is 13.0 Å². The molecule has 2 rings (SSSR count). The third-order valence-electron chi connectivity index (χ3n) is 2.38. The molecule has 0 aromatic carbocycles. The molecule has 2 heterocycles. The lowest BCUT2D eigenvalue weighted by Crippen LogP contribution is -2.27. The van der Waals surface area contributed by atoms with Crippen molar-refractivity contribution >= 4 is 17.5 Å². The molecule has 2 aromatic rings. The second kappa shape index (κ2) is 5.14. The van der Waals surface area contributed by atoms with E-state index in [0.717, 1.165) is 0 Å². The van der Waals surface area contributed by atoms with E-state index in [-0.39, 0.29) is 11.9 Å². The summed E-state index contributed by atoms with van der Waals surface area (Å²) in [5, 5.41) is 9.53. The van der Waals surface area contributed by atoms with Crippen LogP contribution >= 0.6 is 11.6 Å². The summed E-state index contributed by atoms with van der Waals surface area (Å²) in [6, 6.07) is 2.94. The molecule has 0 saturated carbocycles. The summed E-state index contributed by atoms with van der Waals surface area (Å²) in [6.45, 7) is 3.59. The van der Waals surface area contributed by atoms with Crippen molar-refractivity contribution in [3.05, 3.63) is 40.7 Å². The minimum absolute atomic E-state index is 0.230. The average molecular weight is 266 g/mol. The minimum atomic E-state index is -0.257. The van der Waals surface area contributed by atoms with E-state index in [0.29, 0.717) is 22.2 Å². The zero-order valence-electron chi connectivity index (χ0n) is 9.94. The monoisotopic (exact) mass is 265 g/mol. The highest BCUT2D eigenvalue weighted by atomic mass is 35.5. The fourth-order valence-corrected chi connectivity index (χ4v) is 1.78. The second-order valence-corrected chi connectivity index (χ2v) is 4.27. The van der Waals surface area contributed by atoms with Crippen LogP contribution in [-0.2, 0) is 0 Å². The van der Waals surface area contributed by atoms with Gasteiger partial charge < -0.3 is 5.32 Å². The molecule has 1 unspecified atom stereocenters. The van der Waals surface area contributed by atoms with E-state index in [9.17, 15) is 4.79 Å². The molecule has 0 aliphatic rings. The van der Waals surface area contributed by atoms with Gasteiger partial charge in [0.25, 0.3) is 5.91 Å². The predicted molar refractivity (Wildman–Crippen MR) is 66.2 cm³/mol. The molecule has 0 spiro atoms. The Bertz CT molecular complexity index is 534. The number of halogens is 1.